The number of sulfone groups is 1. The molecule has 1 aliphatic carbocycles. The van der Waals surface area contributed by atoms with Gasteiger partial charge in [0.15, 0.2) is 26.5 Å². The fourth-order valence-corrected chi connectivity index (χ4v) is 8.39. The molecule has 2 unspecified atom stereocenters. The van der Waals surface area contributed by atoms with Gasteiger partial charge in [0.05, 0.1) is 37.1 Å². The Bertz CT molecular complexity index is 1190. The fraction of sp³-hybridized carbons (Fsp3) is 0.480. The van der Waals surface area contributed by atoms with Crippen LogP contribution in [0.3, 0.4) is 0 Å². The lowest BCUT2D eigenvalue weighted by Gasteiger charge is -2.36. The van der Waals surface area contributed by atoms with Crippen molar-refractivity contribution in [2.24, 2.45) is 0 Å². The number of ether oxygens (including phenoxy) is 3. The molecule has 1 saturated heterocycles. The van der Waals surface area contributed by atoms with Crippen molar-refractivity contribution in [1.82, 2.24) is 4.98 Å². The maximum atomic E-state index is 13.3. The number of thiazole rings is 1. The molecule has 1 aromatic carbocycles. The summed E-state index contributed by atoms with van der Waals surface area (Å²) in [7, 11) is 1.38. The van der Waals surface area contributed by atoms with Crippen LogP contribution in [0, 0.1) is 0 Å². The van der Waals surface area contributed by atoms with E-state index in [0.717, 1.165) is 16.4 Å². The molecule has 2 aromatic rings. The van der Waals surface area contributed by atoms with E-state index in [1.54, 1.807) is 63.9 Å². The minimum atomic E-state index is -3.40. The van der Waals surface area contributed by atoms with Crippen LogP contribution in [-0.4, -0.2) is 63.2 Å². The largest absolute Gasteiger partial charge is 0.493 e. The van der Waals surface area contributed by atoms with Gasteiger partial charge in [0.25, 0.3) is 0 Å². The Labute approximate surface area is 216 Å². The second-order valence-electron chi connectivity index (χ2n) is 8.92. The average molecular weight is 539 g/mol. The van der Waals surface area contributed by atoms with E-state index < -0.39 is 25.2 Å². The second kappa shape index (κ2) is 10.4. The highest BCUT2D eigenvalue weighted by molar-refractivity contribution is 7.93. The zero-order valence-corrected chi connectivity index (χ0v) is 22.8. The van der Waals surface area contributed by atoms with E-state index in [4.69, 9.17) is 30.8 Å². The lowest BCUT2D eigenvalue weighted by atomic mass is 10.0. The number of halogens is 1. The van der Waals surface area contributed by atoms with Gasteiger partial charge in [0.2, 0.25) is 5.75 Å². The highest BCUT2D eigenvalue weighted by atomic mass is 35.5. The number of hydrogen-bond acceptors (Lipinski definition) is 8. The molecule has 10 heteroatoms. The molecular formula is C25H31ClN2O5S2. The minimum absolute atomic E-state index is 0.406. The summed E-state index contributed by atoms with van der Waals surface area (Å²) in [5, 5.41) is 1.84. The molecule has 4 rings (SSSR count). The Morgan fingerprint density at radius 3 is 2.34 bits per heavy atom. The highest BCUT2D eigenvalue weighted by Crippen LogP contribution is 2.39. The molecule has 7 nitrogen and oxygen atoms in total. The zero-order valence-electron chi connectivity index (χ0n) is 20.4. The van der Waals surface area contributed by atoms with E-state index in [1.807, 2.05) is 17.5 Å². The van der Waals surface area contributed by atoms with Crippen LogP contribution in [0.25, 0.3) is 0 Å². The van der Waals surface area contributed by atoms with Gasteiger partial charge in [0, 0.05) is 24.9 Å². The van der Waals surface area contributed by atoms with Crippen LogP contribution in [0.5, 0.6) is 17.2 Å². The molecule has 1 fully saturated rings. The number of methoxy groups -OCH3 is 3. The summed E-state index contributed by atoms with van der Waals surface area (Å²) in [4.78, 5) is 6.08. The maximum absolute atomic E-state index is 13.3. The summed E-state index contributed by atoms with van der Waals surface area (Å²) >= 11 is 8.11. The molecule has 0 radical (unpaired) electrons. The zero-order chi connectivity index (χ0) is 25.2. The van der Waals surface area contributed by atoms with Gasteiger partial charge in [-0.2, -0.15) is 0 Å². The number of benzene rings is 1. The molecule has 0 saturated carbocycles. The molecule has 35 heavy (non-hydrogen) atoms. The second-order valence-corrected chi connectivity index (χ2v) is 12.9. The van der Waals surface area contributed by atoms with Crippen LogP contribution in [0.1, 0.15) is 31.0 Å². The van der Waals surface area contributed by atoms with E-state index >= 15 is 0 Å². The Morgan fingerprint density at radius 2 is 1.77 bits per heavy atom. The SMILES string of the molecule is COc1cc(Cc2csc(N3CCC(S(=O)(=O)C4C=CC=CC4(C)Cl)CC3)n2)cc(OC)c1OC. The Kier molecular flexibility index (Phi) is 7.68. The molecule has 2 heterocycles. The van der Waals surface area contributed by atoms with Gasteiger partial charge in [-0.25, -0.2) is 13.4 Å². The van der Waals surface area contributed by atoms with Gasteiger partial charge in [-0.1, -0.05) is 24.3 Å². The van der Waals surface area contributed by atoms with E-state index in [1.165, 1.54) is 0 Å². The number of piperidine rings is 1. The van der Waals surface area contributed by atoms with Crippen LogP contribution >= 0.6 is 22.9 Å². The summed E-state index contributed by atoms with van der Waals surface area (Å²) in [6.45, 7) is 3.05. The number of hydrogen-bond donors (Lipinski definition) is 0. The topological polar surface area (TPSA) is 78.0 Å². The van der Waals surface area contributed by atoms with Crippen molar-refractivity contribution < 1.29 is 22.6 Å². The standard InChI is InChI=1S/C25H31ClN2O5S2/c1-25(26)10-6-5-7-22(25)35(29,30)19-8-11-28(12-9-19)24-27-18(16-34-24)13-17-14-20(31-2)23(33-4)21(15-17)32-3/h5-7,10,14-16,19,22H,8-9,11-13H2,1-4H3. The Balaban J connectivity index is 1.42. The molecule has 1 aliphatic heterocycles. The van der Waals surface area contributed by atoms with Crippen LogP contribution in [0.2, 0.25) is 0 Å². The van der Waals surface area contributed by atoms with Crippen molar-refractivity contribution in [3.05, 3.63) is 53.1 Å². The van der Waals surface area contributed by atoms with Crippen LogP contribution in [-0.2, 0) is 16.3 Å². The van der Waals surface area contributed by atoms with Crippen molar-refractivity contribution in [1.29, 1.82) is 0 Å². The Hall–Kier alpha value is -2.23. The van der Waals surface area contributed by atoms with Gasteiger partial charge in [-0.3, -0.25) is 0 Å². The van der Waals surface area contributed by atoms with Crippen molar-refractivity contribution >= 4 is 37.9 Å². The van der Waals surface area contributed by atoms with Crippen molar-refractivity contribution in [2.45, 2.75) is 41.6 Å². The first-order chi connectivity index (χ1) is 16.7. The Morgan fingerprint density at radius 1 is 1.11 bits per heavy atom. The molecule has 190 valence electrons. The monoisotopic (exact) mass is 538 g/mol. The smallest absolute Gasteiger partial charge is 0.203 e. The van der Waals surface area contributed by atoms with Crippen LogP contribution in [0.15, 0.2) is 41.8 Å². The summed E-state index contributed by atoms with van der Waals surface area (Å²) in [6, 6.07) is 3.85. The number of anilines is 1. The number of aromatic nitrogens is 1. The van der Waals surface area contributed by atoms with Crippen LogP contribution < -0.4 is 19.1 Å². The summed E-state index contributed by atoms with van der Waals surface area (Å²) in [6.07, 6.45) is 8.79. The molecule has 0 amide bonds. The molecule has 0 N–H and O–H groups in total. The predicted molar refractivity (Wildman–Crippen MR) is 141 cm³/mol. The normalized spacial score (nSPS) is 22.9. The van der Waals surface area contributed by atoms with E-state index in [9.17, 15) is 8.42 Å². The predicted octanol–water partition coefficient (Wildman–Crippen LogP) is 4.64. The molecule has 2 atom stereocenters. The average Bonchev–Trinajstić information content (AvgIpc) is 3.31. The van der Waals surface area contributed by atoms with E-state index in [0.29, 0.717) is 49.6 Å². The van der Waals surface area contributed by atoms with Gasteiger partial charge in [-0.15, -0.1) is 22.9 Å². The maximum Gasteiger partial charge on any atom is 0.203 e. The third-order valence-corrected chi connectivity index (χ3v) is 10.8. The van der Waals surface area contributed by atoms with Crippen molar-refractivity contribution in [3.63, 3.8) is 0 Å². The summed E-state index contributed by atoms with van der Waals surface area (Å²) < 4.78 is 43.0. The van der Waals surface area contributed by atoms with Gasteiger partial charge >= 0.3 is 0 Å². The minimum Gasteiger partial charge on any atom is -0.493 e. The van der Waals surface area contributed by atoms with E-state index in [-0.39, 0.29) is 0 Å². The third kappa shape index (κ3) is 5.32. The first kappa shape index (κ1) is 25.9. The molecular weight excluding hydrogens is 508 g/mol. The highest BCUT2D eigenvalue weighted by Gasteiger charge is 2.44. The molecule has 0 bridgehead atoms. The number of allylic oxidation sites excluding steroid dienone is 3. The first-order valence-electron chi connectivity index (χ1n) is 11.5. The number of nitrogens with zero attached hydrogens (tertiary/aromatic N) is 2. The van der Waals surface area contributed by atoms with Crippen molar-refractivity contribution in [2.75, 3.05) is 39.3 Å². The number of rotatable bonds is 8. The molecule has 2 aliphatic rings. The van der Waals surface area contributed by atoms with Gasteiger partial charge in [-0.05, 0) is 37.5 Å². The van der Waals surface area contributed by atoms with Crippen molar-refractivity contribution in [3.8, 4) is 17.2 Å². The fourth-order valence-electron chi connectivity index (χ4n) is 4.67. The summed E-state index contributed by atoms with van der Waals surface area (Å²) in [5.41, 5.74) is 1.94. The quantitative estimate of drug-likeness (QED) is 0.453. The van der Waals surface area contributed by atoms with Gasteiger partial charge < -0.3 is 19.1 Å². The van der Waals surface area contributed by atoms with Gasteiger partial charge in [0.1, 0.15) is 5.25 Å². The lowest BCUT2D eigenvalue weighted by molar-refractivity contribution is 0.324. The van der Waals surface area contributed by atoms with Crippen LogP contribution in [0.4, 0.5) is 5.13 Å². The number of alkyl halides is 1. The third-order valence-electron chi connectivity index (χ3n) is 6.56. The first-order valence-corrected chi connectivity index (χ1v) is 14.3. The summed E-state index contributed by atoms with van der Waals surface area (Å²) in [5.74, 6) is 1.78. The lowest BCUT2D eigenvalue weighted by Crippen LogP contribution is -2.47. The molecule has 0 spiro atoms. The van der Waals surface area contributed by atoms with E-state index in [2.05, 4.69) is 4.90 Å². The molecule has 1 aromatic heterocycles.